The molecule has 0 saturated carbocycles. The van der Waals surface area contributed by atoms with Crippen LogP contribution in [-0.2, 0) is 20.7 Å². The van der Waals surface area contributed by atoms with Gasteiger partial charge in [-0.3, -0.25) is 9.69 Å². The quantitative estimate of drug-likeness (QED) is 0.210. The predicted octanol–water partition coefficient (Wildman–Crippen LogP) is 4.01. The van der Waals surface area contributed by atoms with Crippen molar-refractivity contribution in [3.8, 4) is 0 Å². The van der Waals surface area contributed by atoms with Crippen LogP contribution in [0.3, 0.4) is 0 Å². The molecule has 0 spiro atoms. The molecule has 3 atom stereocenters. The van der Waals surface area contributed by atoms with Crippen LogP contribution < -0.4 is 16.0 Å². The average Bonchev–Trinajstić information content (AvgIpc) is 3.06. The molecule has 3 amide bonds. The first-order chi connectivity index (χ1) is 22.2. The second kappa shape index (κ2) is 17.3. The van der Waals surface area contributed by atoms with Gasteiger partial charge in [-0.05, 0) is 49.7 Å². The van der Waals surface area contributed by atoms with Gasteiger partial charge in [0.15, 0.2) is 0 Å². The number of rotatable bonds is 14. The van der Waals surface area contributed by atoms with Crippen molar-refractivity contribution in [1.82, 2.24) is 20.4 Å². The smallest absolute Gasteiger partial charge is 0.407 e. The van der Waals surface area contributed by atoms with Crippen LogP contribution in [0.25, 0.3) is 0 Å². The van der Waals surface area contributed by atoms with Crippen molar-refractivity contribution >= 4 is 23.8 Å². The van der Waals surface area contributed by atoms with E-state index in [0.29, 0.717) is 38.2 Å². The number of ether oxygens (including phenoxy) is 2. The Morgan fingerprint density at radius 1 is 0.957 bits per heavy atom. The van der Waals surface area contributed by atoms with Crippen LogP contribution in [0.15, 0.2) is 84.9 Å². The molecule has 46 heavy (non-hydrogen) atoms. The van der Waals surface area contributed by atoms with E-state index < -0.39 is 30.1 Å². The van der Waals surface area contributed by atoms with Crippen LogP contribution in [-0.4, -0.2) is 105 Å². The molecule has 0 aromatic heterocycles. The predicted molar refractivity (Wildman–Crippen MR) is 177 cm³/mol. The highest BCUT2D eigenvalue weighted by atomic mass is 16.6. The first-order valence-electron chi connectivity index (χ1n) is 15.6. The summed E-state index contributed by atoms with van der Waals surface area (Å²) < 4.78 is 11.4. The van der Waals surface area contributed by atoms with Crippen LogP contribution in [0.5, 0.6) is 0 Å². The van der Waals surface area contributed by atoms with E-state index in [0.717, 1.165) is 28.1 Å². The molecule has 246 valence electrons. The number of carbonyl (C=O) groups is 3. The molecule has 4 rings (SSSR count). The van der Waals surface area contributed by atoms with Gasteiger partial charge in [0.1, 0.15) is 12.6 Å². The summed E-state index contributed by atoms with van der Waals surface area (Å²) in [6.45, 7) is 2.48. The first kappa shape index (κ1) is 34.4. The Balaban J connectivity index is 1.38. The summed E-state index contributed by atoms with van der Waals surface area (Å²) in [5, 5.41) is 19.2. The van der Waals surface area contributed by atoms with Crippen LogP contribution in [0, 0.1) is 0 Å². The largest absolute Gasteiger partial charge is 0.465 e. The minimum atomic E-state index is -1.19. The summed E-state index contributed by atoms with van der Waals surface area (Å²) in [7, 11) is 5.30. The van der Waals surface area contributed by atoms with E-state index in [9.17, 15) is 19.5 Å². The molecule has 1 aliphatic heterocycles. The Morgan fingerprint density at radius 3 is 2.17 bits per heavy atom. The minimum absolute atomic E-state index is 0.0552. The molecule has 3 aromatic rings. The number of alkyl carbamates (subject to hydrolysis) is 1. The Hall–Kier alpha value is -4.45. The number of aryl methyl sites for hydroxylation is 1. The first-order valence-corrected chi connectivity index (χ1v) is 15.6. The zero-order chi connectivity index (χ0) is 32.9. The number of carbonyl (C=O) groups excluding carboxylic acids is 2. The van der Waals surface area contributed by atoms with E-state index in [1.807, 2.05) is 104 Å². The molecule has 1 heterocycles. The van der Waals surface area contributed by atoms with Crippen molar-refractivity contribution in [3.63, 3.8) is 0 Å². The highest BCUT2D eigenvalue weighted by Crippen LogP contribution is 2.32. The van der Waals surface area contributed by atoms with E-state index >= 15 is 0 Å². The van der Waals surface area contributed by atoms with Crippen molar-refractivity contribution in [2.75, 3.05) is 59.3 Å². The number of amides is 3. The number of hydrogen-bond acceptors (Lipinski definition) is 7. The summed E-state index contributed by atoms with van der Waals surface area (Å²) in [5.41, 5.74) is 3.23. The fourth-order valence-corrected chi connectivity index (χ4v) is 5.50. The SMILES string of the molecule is CN(C)CCNC(=O)OC[C@@H]1CO[C@H](CCc2ccccc2NC(=O)[C@H](C(c2ccccc2)c2ccccc2)N(C)C(=O)O)CN1. The van der Waals surface area contributed by atoms with Gasteiger partial charge in [-0.1, -0.05) is 78.9 Å². The number of anilines is 1. The van der Waals surface area contributed by atoms with Gasteiger partial charge in [0.05, 0.1) is 18.8 Å². The number of nitrogens with zero attached hydrogens (tertiary/aromatic N) is 2. The molecule has 11 heteroatoms. The number of morpholine rings is 1. The zero-order valence-electron chi connectivity index (χ0n) is 26.7. The summed E-state index contributed by atoms with van der Waals surface area (Å²) in [4.78, 5) is 41.3. The van der Waals surface area contributed by atoms with Gasteiger partial charge in [-0.25, -0.2) is 9.59 Å². The van der Waals surface area contributed by atoms with Gasteiger partial charge < -0.3 is 35.4 Å². The van der Waals surface area contributed by atoms with Crippen LogP contribution in [0.1, 0.15) is 29.0 Å². The van der Waals surface area contributed by atoms with Gasteiger partial charge in [0.2, 0.25) is 5.91 Å². The Kier molecular flexibility index (Phi) is 12.9. The lowest BCUT2D eigenvalue weighted by atomic mass is 9.84. The monoisotopic (exact) mass is 631 g/mol. The van der Waals surface area contributed by atoms with Gasteiger partial charge in [0.25, 0.3) is 0 Å². The maximum absolute atomic E-state index is 14.0. The number of para-hydroxylation sites is 1. The van der Waals surface area contributed by atoms with Gasteiger partial charge >= 0.3 is 12.2 Å². The summed E-state index contributed by atoms with van der Waals surface area (Å²) in [5.74, 6) is -0.947. The summed E-state index contributed by atoms with van der Waals surface area (Å²) in [6.07, 6.45) is -0.354. The number of benzene rings is 3. The lowest BCUT2D eigenvalue weighted by Crippen LogP contribution is -2.49. The van der Waals surface area contributed by atoms with Crippen molar-refractivity contribution in [2.45, 2.75) is 36.9 Å². The Bertz CT molecular complexity index is 1360. The number of carboxylic acid groups (broad SMARTS) is 1. The molecule has 3 aromatic carbocycles. The van der Waals surface area contributed by atoms with Crippen molar-refractivity contribution < 1.29 is 29.0 Å². The molecule has 0 aliphatic carbocycles. The van der Waals surface area contributed by atoms with Crippen LogP contribution >= 0.6 is 0 Å². The standard InChI is InChI=1S/C35H45N5O6/c1-39(2)21-20-36-34(42)46-24-28-23-45-29(22-37-28)19-18-25-12-10-11-17-30(25)38-33(41)32(40(3)35(43)44)31(26-13-6-4-7-14-26)27-15-8-5-9-16-27/h4-17,28-29,31-32,37H,18-24H2,1-3H3,(H,36,42)(H,38,41)(H,43,44)/t28-,29+,32-/m0/s1. The molecule has 0 unspecified atom stereocenters. The van der Waals surface area contributed by atoms with Crippen molar-refractivity contribution in [2.24, 2.45) is 0 Å². The highest BCUT2D eigenvalue weighted by Gasteiger charge is 2.37. The lowest BCUT2D eigenvalue weighted by Gasteiger charge is -2.33. The summed E-state index contributed by atoms with van der Waals surface area (Å²) >= 11 is 0. The van der Waals surface area contributed by atoms with Gasteiger partial charge in [-0.15, -0.1) is 0 Å². The topological polar surface area (TPSA) is 132 Å². The van der Waals surface area contributed by atoms with E-state index in [1.165, 1.54) is 7.05 Å². The lowest BCUT2D eigenvalue weighted by molar-refractivity contribution is -0.120. The third kappa shape index (κ3) is 10.0. The van der Waals surface area contributed by atoms with Gasteiger partial charge in [-0.2, -0.15) is 0 Å². The fraction of sp³-hybridized carbons (Fsp3) is 0.400. The minimum Gasteiger partial charge on any atom is -0.465 e. The van der Waals surface area contributed by atoms with Gasteiger partial charge in [0, 0.05) is 38.3 Å². The molecular formula is C35H45N5O6. The second-order valence-electron chi connectivity index (χ2n) is 11.7. The molecule has 1 fully saturated rings. The van der Waals surface area contributed by atoms with E-state index in [-0.39, 0.29) is 18.8 Å². The number of hydrogen-bond donors (Lipinski definition) is 4. The normalized spacial score (nSPS) is 16.9. The third-order valence-electron chi connectivity index (χ3n) is 8.04. The molecule has 1 aliphatic rings. The number of nitrogens with one attached hydrogen (secondary N) is 3. The second-order valence-corrected chi connectivity index (χ2v) is 11.7. The van der Waals surface area contributed by atoms with E-state index in [1.54, 1.807) is 0 Å². The molecule has 4 N–H and O–H groups in total. The third-order valence-corrected chi connectivity index (χ3v) is 8.04. The fourth-order valence-electron chi connectivity index (χ4n) is 5.50. The van der Waals surface area contributed by atoms with E-state index in [2.05, 4.69) is 16.0 Å². The number of likely N-dealkylation sites (N-methyl/N-ethyl adjacent to an activating group) is 2. The molecule has 0 radical (unpaired) electrons. The molecule has 11 nitrogen and oxygen atoms in total. The van der Waals surface area contributed by atoms with E-state index in [4.69, 9.17) is 9.47 Å². The van der Waals surface area contributed by atoms with Crippen LogP contribution in [0.4, 0.5) is 15.3 Å². The molecular weight excluding hydrogens is 586 g/mol. The zero-order valence-corrected chi connectivity index (χ0v) is 26.7. The Labute approximate surface area is 270 Å². The van der Waals surface area contributed by atoms with Crippen molar-refractivity contribution in [3.05, 3.63) is 102 Å². The van der Waals surface area contributed by atoms with Crippen LogP contribution in [0.2, 0.25) is 0 Å². The molecule has 0 bridgehead atoms. The highest BCUT2D eigenvalue weighted by molar-refractivity contribution is 5.98. The summed E-state index contributed by atoms with van der Waals surface area (Å²) in [6, 6.07) is 25.4. The maximum Gasteiger partial charge on any atom is 0.407 e. The maximum atomic E-state index is 14.0. The van der Waals surface area contributed by atoms with Crippen molar-refractivity contribution in [1.29, 1.82) is 0 Å². The molecule has 1 saturated heterocycles. The Morgan fingerprint density at radius 2 is 1.59 bits per heavy atom. The average molecular weight is 632 g/mol.